The summed E-state index contributed by atoms with van der Waals surface area (Å²) >= 11 is 0. The van der Waals surface area contributed by atoms with Crippen molar-refractivity contribution in [3.63, 3.8) is 0 Å². The van der Waals surface area contributed by atoms with E-state index in [9.17, 15) is 24.2 Å². The highest BCUT2D eigenvalue weighted by molar-refractivity contribution is 7.47. The van der Waals surface area contributed by atoms with Gasteiger partial charge in [-0.3, -0.25) is 18.6 Å². The molecule has 0 aliphatic carbocycles. The van der Waals surface area contributed by atoms with E-state index in [1.54, 1.807) is 0 Å². The number of hydrogen-bond donors (Lipinski definition) is 3. The number of carbonyl (C=O) groups excluding carboxylic acids is 2. The second kappa shape index (κ2) is 50.1. The van der Waals surface area contributed by atoms with Crippen molar-refractivity contribution in [2.45, 2.75) is 270 Å². The molecule has 0 aromatic heterocycles. The number of hydrogen-bond acceptors (Lipinski definition) is 9. The first-order valence-electron chi connectivity index (χ1n) is 26.9. The molecule has 3 atom stereocenters. The molecule has 0 bridgehead atoms. The van der Waals surface area contributed by atoms with Crippen molar-refractivity contribution in [2.24, 2.45) is 0 Å². The van der Waals surface area contributed by atoms with Crippen molar-refractivity contribution >= 4 is 19.8 Å². The van der Waals surface area contributed by atoms with Crippen LogP contribution < -0.4 is 0 Å². The van der Waals surface area contributed by atoms with Crippen molar-refractivity contribution in [2.75, 3.05) is 26.4 Å². The molecule has 0 aromatic rings. The van der Waals surface area contributed by atoms with E-state index >= 15 is 0 Å². The van der Waals surface area contributed by atoms with Crippen molar-refractivity contribution in [1.29, 1.82) is 0 Å². The lowest BCUT2D eigenvalue weighted by molar-refractivity contribution is -0.161. The molecular weight excluding hydrogens is 840 g/mol. The van der Waals surface area contributed by atoms with Crippen LogP contribution in [-0.2, 0) is 32.7 Å². The third-order valence-electron chi connectivity index (χ3n) is 11.8. The molecule has 0 saturated carbocycles. The molecule has 0 rings (SSSR count). The number of rotatable bonds is 51. The Morgan fingerprint density at radius 3 is 1.20 bits per heavy atom. The van der Waals surface area contributed by atoms with Crippen LogP contribution in [0.1, 0.15) is 258 Å². The van der Waals surface area contributed by atoms with E-state index in [4.69, 9.17) is 23.6 Å². The number of ether oxygens (including phenoxy) is 2. The van der Waals surface area contributed by atoms with Crippen LogP contribution in [-0.4, -0.2) is 65.7 Å². The SMILES string of the molecule is CCCCCCC/C=C\C/C=C\CCCCCCCCCCCCCC(=O)OC(COC(=O)CCCCCCCCCCC/C=C\CCCCCCCC)COP(=O)(O)OCC(O)CO. The summed E-state index contributed by atoms with van der Waals surface area (Å²) in [6.07, 6.45) is 55.4. The van der Waals surface area contributed by atoms with Crippen molar-refractivity contribution in [1.82, 2.24) is 0 Å². The van der Waals surface area contributed by atoms with Crippen LogP contribution in [0, 0.1) is 0 Å². The van der Waals surface area contributed by atoms with Gasteiger partial charge in [0.1, 0.15) is 12.7 Å². The highest BCUT2D eigenvalue weighted by Crippen LogP contribution is 2.43. The van der Waals surface area contributed by atoms with Crippen LogP contribution in [0.15, 0.2) is 36.5 Å². The van der Waals surface area contributed by atoms with E-state index in [1.807, 2.05) is 0 Å². The Balaban J connectivity index is 4.14. The molecule has 10 nitrogen and oxygen atoms in total. The van der Waals surface area contributed by atoms with Crippen LogP contribution in [0.2, 0.25) is 0 Å². The average Bonchev–Trinajstić information content (AvgIpc) is 3.30. The molecule has 382 valence electrons. The van der Waals surface area contributed by atoms with Gasteiger partial charge in [-0.25, -0.2) is 4.57 Å². The molecule has 3 unspecified atom stereocenters. The van der Waals surface area contributed by atoms with Gasteiger partial charge in [-0.05, 0) is 70.6 Å². The molecule has 0 aliphatic heterocycles. The second-order valence-electron chi connectivity index (χ2n) is 18.2. The molecular formula is C54H101O10P. The maximum atomic E-state index is 12.7. The maximum Gasteiger partial charge on any atom is 0.472 e. The van der Waals surface area contributed by atoms with Gasteiger partial charge < -0.3 is 24.6 Å². The fourth-order valence-electron chi connectivity index (χ4n) is 7.61. The Kier molecular flexibility index (Phi) is 48.7. The second-order valence-corrected chi connectivity index (χ2v) is 19.7. The van der Waals surface area contributed by atoms with Gasteiger partial charge in [0, 0.05) is 12.8 Å². The van der Waals surface area contributed by atoms with E-state index in [-0.39, 0.29) is 19.4 Å². The van der Waals surface area contributed by atoms with E-state index in [2.05, 4.69) is 50.3 Å². The normalized spacial score (nSPS) is 13.9. The summed E-state index contributed by atoms with van der Waals surface area (Å²) < 4.78 is 32.9. The Bertz CT molecular complexity index is 1170. The third-order valence-corrected chi connectivity index (χ3v) is 12.7. The van der Waals surface area contributed by atoms with Gasteiger partial charge in [0.05, 0.1) is 19.8 Å². The zero-order chi connectivity index (χ0) is 47.6. The minimum absolute atomic E-state index is 0.183. The molecule has 11 heteroatoms. The Morgan fingerprint density at radius 1 is 0.462 bits per heavy atom. The molecule has 0 fully saturated rings. The lowest BCUT2D eigenvalue weighted by atomic mass is 10.0. The number of allylic oxidation sites excluding steroid dienone is 6. The molecule has 0 amide bonds. The van der Waals surface area contributed by atoms with Gasteiger partial charge in [0.15, 0.2) is 6.10 Å². The molecule has 3 N–H and O–H groups in total. The Morgan fingerprint density at radius 2 is 0.800 bits per heavy atom. The van der Waals surface area contributed by atoms with Crippen LogP contribution in [0.4, 0.5) is 0 Å². The quantitative estimate of drug-likeness (QED) is 0.0233. The molecule has 0 heterocycles. The summed E-state index contributed by atoms with van der Waals surface area (Å²) in [6, 6.07) is 0. The zero-order valence-corrected chi connectivity index (χ0v) is 42.9. The maximum absolute atomic E-state index is 12.7. The van der Waals surface area contributed by atoms with Crippen LogP contribution in [0.25, 0.3) is 0 Å². The van der Waals surface area contributed by atoms with Crippen LogP contribution in [0.5, 0.6) is 0 Å². The van der Waals surface area contributed by atoms with Crippen molar-refractivity contribution < 1.29 is 47.8 Å². The largest absolute Gasteiger partial charge is 0.472 e. The summed E-state index contributed by atoms with van der Waals surface area (Å²) in [6.45, 7) is 2.41. The number of carbonyl (C=O) groups is 2. The summed E-state index contributed by atoms with van der Waals surface area (Å²) in [5.41, 5.74) is 0. The Labute approximate surface area is 399 Å². The van der Waals surface area contributed by atoms with Crippen LogP contribution >= 0.6 is 7.82 Å². The first kappa shape index (κ1) is 63.2. The van der Waals surface area contributed by atoms with Gasteiger partial charge >= 0.3 is 19.8 Å². The smallest absolute Gasteiger partial charge is 0.462 e. The highest BCUT2D eigenvalue weighted by Gasteiger charge is 2.27. The minimum Gasteiger partial charge on any atom is -0.462 e. The molecule has 0 aliphatic rings. The number of phosphoric acid groups is 1. The van der Waals surface area contributed by atoms with Gasteiger partial charge in [-0.2, -0.15) is 0 Å². The van der Waals surface area contributed by atoms with Gasteiger partial charge in [0.2, 0.25) is 0 Å². The van der Waals surface area contributed by atoms with Crippen molar-refractivity contribution in [3.8, 4) is 0 Å². The van der Waals surface area contributed by atoms with E-state index in [0.29, 0.717) is 12.8 Å². The van der Waals surface area contributed by atoms with E-state index in [0.717, 1.165) is 44.9 Å². The average molecular weight is 941 g/mol. The first-order valence-corrected chi connectivity index (χ1v) is 28.4. The van der Waals surface area contributed by atoms with Gasteiger partial charge in [-0.1, -0.05) is 211 Å². The number of aliphatic hydroxyl groups excluding tert-OH is 2. The topological polar surface area (TPSA) is 149 Å². The molecule has 0 radical (unpaired) electrons. The molecule has 0 aromatic carbocycles. The van der Waals surface area contributed by atoms with Gasteiger partial charge in [-0.15, -0.1) is 0 Å². The predicted molar refractivity (Wildman–Crippen MR) is 270 cm³/mol. The Hall–Kier alpha value is -1.81. The minimum atomic E-state index is -4.62. The number of aliphatic hydroxyl groups is 2. The molecule has 0 saturated heterocycles. The molecule has 0 spiro atoms. The highest BCUT2D eigenvalue weighted by atomic mass is 31.2. The lowest BCUT2D eigenvalue weighted by Gasteiger charge is -2.20. The summed E-state index contributed by atoms with van der Waals surface area (Å²) in [4.78, 5) is 35.2. The van der Waals surface area contributed by atoms with E-state index < -0.39 is 51.8 Å². The summed E-state index contributed by atoms with van der Waals surface area (Å²) in [7, 11) is -4.62. The number of phosphoric ester groups is 1. The molecule has 65 heavy (non-hydrogen) atoms. The summed E-state index contributed by atoms with van der Waals surface area (Å²) in [5.74, 6) is -0.919. The number of esters is 2. The van der Waals surface area contributed by atoms with E-state index in [1.165, 1.54) is 173 Å². The monoisotopic (exact) mass is 941 g/mol. The van der Waals surface area contributed by atoms with Crippen molar-refractivity contribution in [3.05, 3.63) is 36.5 Å². The summed E-state index contributed by atoms with van der Waals surface area (Å²) in [5, 5.41) is 18.4. The van der Waals surface area contributed by atoms with Gasteiger partial charge in [0.25, 0.3) is 0 Å². The standard InChI is InChI=1S/C54H101O10P/c1-3-5-7-9-11-13-15-17-19-21-23-24-25-26-28-30-32-34-36-38-40-42-44-46-54(58)64-52(50-63-65(59,60)62-48-51(56)47-55)49-61-53(57)45-43-41-39-37-35-33-31-29-27-22-20-18-16-14-12-10-8-6-4-2/h15,17-18,20-21,23,51-52,55-56H,3-14,16,19,22,24-50H2,1-2H3,(H,59,60)/b17-15-,20-18-,23-21-. The van der Waals surface area contributed by atoms with Crippen LogP contribution in [0.3, 0.4) is 0 Å². The predicted octanol–water partition coefficient (Wildman–Crippen LogP) is 15.5. The lowest BCUT2D eigenvalue weighted by Crippen LogP contribution is -2.29. The number of unbranched alkanes of at least 4 members (excludes halogenated alkanes) is 31. The zero-order valence-electron chi connectivity index (χ0n) is 42.0. The first-order chi connectivity index (χ1) is 31.7. The third kappa shape index (κ3) is 49.9. The fourth-order valence-corrected chi connectivity index (χ4v) is 8.40. The fraction of sp³-hybridized carbons (Fsp3) is 0.852.